The molecule has 0 aliphatic carbocycles. The number of amides is 3. The third kappa shape index (κ3) is 4.08. The molecular weight excluding hydrogens is 382 g/mol. The van der Waals surface area contributed by atoms with Crippen LogP contribution in [0.2, 0.25) is 0 Å². The number of likely N-dealkylation sites (tertiary alicyclic amines) is 2. The van der Waals surface area contributed by atoms with Crippen LogP contribution in [0.3, 0.4) is 0 Å². The maximum Gasteiger partial charge on any atom is 0.410 e. The van der Waals surface area contributed by atoms with Crippen molar-refractivity contribution < 1.29 is 19.1 Å². The summed E-state index contributed by atoms with van der Waals surface area (Å²) in [6.45, 7) is 10.1. The second-order valence-corrected chi connectivity index (χ2v) is 9.80. The summed E-state index contributed by atoms with van der Waals surface area (Å²) in [4.78, 5) is 43.0. The molecule has 30 heavy (non-hydrogen) atoms. The Bertz CT molecular complexity index is 817. The molecule has 7 nitrogen and oxygen atoms in total. The maximum absolute atomic E-state index is 12.5. The zero-order valence-corrected chi connectivity index (χ0v) is 18.1. The van der Waals surface area contributed by atoms with Crippen LogP contribution in [0, 0.1) is 5.41 Å². The highest BCUT2D eigenvalue weighted by Crippen LogP contribution is 2.40. The Morgan fingerprint density at radius 2 is 1.53 bits per heavy atom. The summed E-state index contributed by atoms with van der Waals surface area (Å²) in [5.41, 5.74) is 0.713. The van der Waals surface area contributed by atoms with Gasteiger partial charge in [0.2, 0.25) is 0 Å². The molecule has 0 saturated carbocycles. The fraction of sp³-hybridized carbons (Fsp3) is 0.609. The van der Waals surface area contributed by atoms with Crippen LogP contribution in [-0.2, 0) is 4.74 Å². The molecule has 1 spiro atoms. The summed E-state index contributed by atoms with van der Waals surface area (Å²) in [7, 11) is 0. The molecule has 1 aromatic carbocycles. The number of ether oxygens (including phenoxy) is 1. The number of hydrogen-bond acceptors (Lipinski definition) is 5. The third-order valence-electron chi connectivity index (χ3n) is 6.52. The van der Waals surface area contributed by atoms with Crippen molar-refractivity contribution in [2.75, 3.05) is 39.3 Å². The Kier molecular flexibility index (Phi) is 5.34. The van der Waals surface area contributed by atoms with E-state index in [0.29, 0.717) is 24.2 Å². The molecule has 2 fully saturated rings. The highest BCUT2D eigenvalue weighted by molar-refractivity contribution is 6.21. The lowest BCUT2D eigenvalue weighted by molar-refractivity contribution is 0.0246. The molecular formula is C23H31N3O4. The van der Waals surface area contributed by atoms with Crippen LogP contribution in [-0.4, -0.2) is 77.5 Å². The molecule has 3 aliphatic heterocycles. The van der Waals surface area contributed by atoms with Crippen molar-refractivity contribution >= 4 is 17.9 Å². The molecule has 7 heteroatoms. The van der Waals surface area contributed by atoms with Crippen molar-refractivity contribution in [3.63, 3.8) is 0 Å². The number of nitrogens with zero attached hydrogens (tertiary/aromatic N) is 3. The van der Waals surface area contributed by atoms with Gasteiger partial charge in [0.05, 0.1) is 11.1 Å². The van der Waals surface area contributed by atoms with Gasteiger partial charge in [-0.25, -0.2) is 4.79 Å². The van der Waals surface area contributed by atoms with Crippen LogP contribution in [0.4, 0.5) is 4.79 Å². The van der Waals surface area contributed by atoms with E-state index < -0.39 is 5.60 Å². The highest BCUT2D eigenvalue weighted by Gasteiger charge is 2.43. The van der Waals surface area contributed by atoms with Gasteiger partial charge >= 0.3 is 6.09 Å². The van der Waals surface area contributed by atoms with Crippen molar-refractivity contribution in [1.29, 1.82) is 0 Å². The molecule has 162 valence electrons. The van der Waals surface area contributed by atoms with Gasteiger partial charge in [-0.3, -0.25) is 14.5 Å². The lowest BCUT2D eigenvalue weighted by Gasteiger charge is -2.39. The summed E-state index contributed by atoms with van der Waals surface area (Å²) in [5.74, 6) is -0.374. The van der Waals surface area contributed by atoms with Crippen LogP contribution in [0.25, 0.3) is 0 Å². The van der Waals surface area contributed by atoms with Gasteiger partial charge in [0.15, 0.2) is 0 Å². The molecule has 1 aromatic rings. The average molecular weight is 414 g/mol. The number of carbonyl (C=O) groups is 3. The Balaban J connectivity index is 1.27. The predicted octanol–water partition coefficient (Wildman–Crippen LogP) is 3.01. The van der Waals surface area contributed by atoms with Gasteiger partial charge in [0, 0.05) is 26.2 Å². The largest absolute Gasteiger partial charge is 0.444 e. The molecule has 2 saturated heterocycles. The summed E-state index contributed by atoms with van der Waals surface area (Å²) in [5, 5.41) is 0. The van der Waals surface area contributed by atoms with Gasteiger partial charge in [-0.05, 0) is 70.7 Å². The van der Waals surface area contributed by atoms with Crippen molar-refractivity contribution in [2.24, 2.45) is 5.41 Å². The van der Waals surface area contributed by atoms with Crippen molar-refractivity contribution in [3.8, 4) is 0 Å². The minimum absolute atomic E-state index is 0.170. The first kappa shape index (κ1) is 20.8. The van der Waals surface area contributed by atoms with E-state index in [1.165, 1.54) is 4.90 Å². The summed E-state index contributed by atoms with van der Waals surface area (Å²) in [6.07, 6.45) is 2.84. The van der Waals surface area contributed by atoms with Crippen molar-refractivity contribution in [3.05, 3.63) is 35.4 Å². The molecule has 0 aromatic heterocycles. The fourth-order valence-electron chi connectivity index (χ4n) is 4.76. The number of benzene rings is 1. The van der Waals surface area contributed by atoms with Gasteiger partial charge < -0.3 is 14.5 Å². The maximum atomic E-state index is 12.5. The number of piperidine rings is 1. The van der Waals surface area contributed by atoms with E-state index in [-0.39, 0.29) is 23.3 Å². The van der Waals surface area contributed by atoms with Crippen molar-refractivity contribution in [2.45, 2.75) is 45.6 Å². The number of rotatable bonds is 3. The molecule has 3 amide bonds. The van der Waals surface area contributed by atoms with Gasteiger partial charge in [0.1, 0.15) is 5.60 Å². The average Bonchev–Trinajstić information content (AvgIpc) is 3.21. The second kappa shape index (κ2) is 7.69. The van der Waals surface area contributed by atoms with E-state index in [2.05, 4.69) is 4.90 Å². The molecule has 3 heterocycles. The normalized spacial score (nSPS) is 21.4. The Morgan fingerprint density at radius 3 is 2.10 bits per heavy atom. The smallest absolute Gasteiger partial charge is 0.410 e. The van der Waals surface area contributed by atoms with Crippen LogP contribution in [0.5, 0.6) is 0 Å². The van der Waals surface area contributed by atoms with Crippen LogP contribution < -0.4 is 0 Å². The van der Waals surface area contributed by atoms with E-state index in [9.17, 15) is 14.4 Å². The van der Waals surface area contributed by atoms with Crippen molar-refractivity contribution in [1.82, 2.24) is 14.7 Å². The van der Waals surface area contributed by atoms with Gasteiger partial charge in [-0.15, -0.1) is 0 Å². The SMILES string of the molecule is CC(C)(C)OC(=O)N1CCC2(CCN(CCN3C(=O)c4ccccc4C3=O)CC2)C1. The molecule has 0 unspecified atom stereocenters. The van der Waals surface area contributed by atoms with E-state index in [0.717, 1.165) is 45.4 Å². The minimum atomic E-state index is -0.472. The monoisotopic (exact) mass is 413 g/mol. The Morgan fingerprint density at radius 1 is 0.967 bits per heavy atom. The molecule has 0 N–H and O–H groups in total. The van der Waals surface area contributed by atoms with Crippen LogP contribution >= 0.6 is 0 Å². The molecule has 0 atom stereocenters. The quantitative estimate of drug-likeness (QED) is 0.713. The fourth-order valence-corrected chi connectivity index (χ4v) is 4.76. The number of hydrogen-bond donors (Lipinski definition) is 0. The Hall–Kier alpha value is -2.41. The van der Waals surface area contributed by atoms with E-state index in [1.54, 1.807) is 24.3 Å². The highest BCUT2D eigenvalue weighted by atomic mass is 16.6. The summed E-state index contributed by atoms with van der Waals surface area (Å²) in [6, 6.07) is 7.02. The topological polar surface area (TPSA) is 70.2 Å². The van der Waals surface area contributed by atoms with Gasteiger partial charge in [0.25, 0.3) is 11.8 Å². The van der Waals surface area contributed by atoms with E-state index >= 15 is 0 Å². The first-order valence-corrected chi connectivity index (χ1v) is 10.8. The first-order chi connectivity index (χ1) is 14.2. The van der Waals surface area contributed by atoms with Gasteiger partial charge in [-0.2, -0.15) is 0 Å². The van der Waals surface area contributed by atoms with Gasteiger partial charge in [-0.1, -0.05) is 12.1 Å². The van der Waals surface area contributed by atoms with Crippen LogP contribution in [0.1, 0.15) is 60.7 Å². The Labute approximate surface area is 177 Å². The van der Waals surface area contributed by atoms with E-state index in [1.807, 2.05) is 25.7 Å². The summed E-state index contributed by atoms with van der Waals surface area (Å²) < 4.78 is 5.53. The minimum Gasteiger partial charge on any atom is -0.444 e. The molecule has 0 bridgehead atoms. The lowest BCUT2D eigenvalue weighted by atomic mass is 9.78. The number of fused-ring (bicyclic) bond motifs is 1. The number of imide groups is 1. The zero-order chi connectivity index (χ0) is 21.5. The standard InChI is InChI=1S/C23H31N3O4/c1-22(2,3)30-21(29)25-13-10-23(16-25)8-11-24(12-9-23)14-15-26-19(27)17-6-4-5-7-18(17)20(26)28/h4-7H,8-16H2,1-3H3. The summed E-state index contributed by atoms with van der Waals surface area (Å²) >= 11 is 0. The molecule has 4 rings (SSSR count). The molecule has 0 radical (unpaired) electrons. The first-order valence-electron chi connectivity index (χ1n) is 10.8. The molecule has 3 aliphatic rings. The number of carbonyl (C=O) groups excluding carboxylic acids is 3. The lowest BCUT2D eigenvalue weighted by Crippen LogP contribution is -2.45. The second-order valence-electron chi connectivity index (χ2n) is 9.80. The van der Waals surface area contributed by atoms with Crippen LogP contribution in [0.15, 0.2) is 24.3 Å². The predicted molar refractivity (Wildman–Crippen MR) is 112 cm³/mol. The third-order valence-corrected chi connectivity index (χ3v) is 6.52. The zero-order valence-electron chi connectivity index (χ0n) is 18.1. The van der Waals surface area contributed by atoms with E-state index in [4.69, 9.17) is 4.74 Å².